The molecule has 0 radical (unpaired) electrons. The van der Waals surface area contributed by atoms with Gasteiger partial charge in [0.1, 0.15) is 0 Å². The lowest BCUT2D eigenvalue weighted by Gasteiger charge is -2.44. The number of nitrogens with zero attached hydrogens (tertiary/aromatic N) is 2. The van der Waals surface area contributed by atoms with Gasteiger partial charge in [0.05, 0.1) is 12.5 Å². The van der Waals surface area contributed by atoms with Crippen LogP contribution in [0.4, 0.5) is 0 Å². The quantitative estimate of drug-likeness (QED) is 0.709. The average Bonchev–Trinajstić information content (AvgIpc) is 2.39. The molecule has 0 bridgehead atoms. The zero-order valence-electron chi connectivity index (χ0n) is 11.7. The van der Waals surface area contributed by atoms with Crippen LogP contribution in [-0.2, 0) is 9.53 Å². The third-order valence-corrected chi connectivity index (χ3v) is 4.14. The molecule has 18 heavy (non-hydrogen) atoms. The van der Waals surface area contributed by atoms with Crippen molar-refractivity contribution in [3.63, 3.8) is 0 Å². The van der Waals surface area contributed by atoms with Crippen LogP contribution >= 0.6 is 0 Å². The van der Waals surface area contributed by atoms with Gasteiger partial charge in [-0.15, -0.1) is 0 Å². The summed E-state index contributed by atoms with van der Waals surface area (Å²) in [6.07, 6.45) is 4.04. The van der Waals surface area contributed by atoms with E-state index >= 15 is 0 Å². The Labute approximate surface area is 110 Å². The number of piperidine rings is 1. The third kappa shape index (κ3) is 3.45. The Balaban J connectivity index is 1.78. The molecule has 104 valence electrons. The summed E-state index contributed by atoms with van der Waals surface area (Å²) in [7, 11) is 0. The number of hydrogen-bond acceptors (Lipinski definition) is 4. The van der Waals surface area contributed by atoms with Crippen molar-refractivity contribution in [3.05, 3.63) is 0 Å². The van der Waals surface area contributed by atoms with E-state index in [1.807, 2.05) is 13.8 Å². The third-order valence-electron chi connectivity index (χ3n) is 4.14. The van der Waals surface area contributed by atoms with Crippen LogP contribution in [0.25, 0.3) is 0 Å². The van der Waals surface area contributed by atoms with Crippen LogP contribution in [0.1, 0.15) is 33.1 Å². The Bertz CT molecular complexity index is 283. The Hall–Kier alpha value is -0.610. The number of ether oxygens (including phenoxy) is 1. The molecule has 2 heterocycles. The second-order valence-corrected chi connectivity index (χ2v) is 5.60. The highest BCUT2D eigenvalue weighted by molar-refractivity contribution is 5.72. The van der Waals surface area contributed by atoms with Crippen molar-refractivity contribution in [2.24, 2.45) is 5.92 Å². The highest BCUT2D eigenvalue weighted by Crippen LogP contribution is 2.21. The molecule has 0 aromatic heterocycles. The van der Waals surface area contributed by atoms with Crippen LogP contribution < -0.4 is 0 Å². The first kappa shape index (κ1) is 13.8. The first-order valence-corrected chi connectivity index (χ1v) is 7.33. The number of carbonyl (C=O) groups is 1. The molecule has 4 nitrogen and oxygen atoms in total. The lowest BCUT2D eigenvalue weighted by molar-refractivity contribution is -0.148. The average molecular weight is 254 g/mol. The molecule has 0 aromatic rings. The minimum Gasteiger partial charge on any atom is -0.466 e. The van der Waals surface area contributed by atoms with E-state index < -0.39 is 0 Å². The number of hydrogen-bond donors (Lipinski definition) is 0. The summed E-state index contributed by atoms with van der Waals surface area (Å²) < 4.78 is 5.08. The normalized spacial score (nSPS) is 27.6. The SMILES string of the molecule is CCOC(=O)C(C)CN1CCN2CCCCC2C1. The lowest BCUT2D eigenvalue weighted by atomic mass is 9.99. The molecular formula is C14H26N2O2. The molecule has 2 rings (SSSR count). The van der Waals surface area contributed by atoms with E-state index in [0.29, 0.717) is 6.61 Å². The summed E-state index contributed by atoms with van der Waals surface area (Å²) in [6.45, 7) is 9.84. The van der Waals surface area contributed by atoms with Crippen LogP contribution in [-0.4, -0.2) is 61.1 Å². The molecule has 0 amide bonds. The molecule has 0 N–H and O–H groups in total. The first-order valence-electron chi connectivity index (χ1n) is 7.33. The predicted molar refractivity (Wildman–Crippen MR) is 71.4 cm³/mol. The number of carbonyl (C=O) groups excluding carboxylic acids is 1. The van der Waals surface area contributed by atoms with Crippen molar-refractivity contribution >= 4 is 5.97 Å². The fourth-order valence-corrected chi connectivity index (χ4v) is 3.13. The molecule has 0 spiro atoms. The van der Waals surface area contributed by atoms with Gasteiger partial charge in [-0.25, -0.2) is 0 Å². The summed E-state index contributed by atoms with van der Waals surface area (Å²) in [5, 5.41) is 0. The minimum atomic E-state index is -0.0522. The van der Waals surface area contributed by atoms with E-state index in [4.69, 9.17) is 4.74 Å². The van der Waals surface area contributed by atoms with Crippen molar-refractivity contribution in [1.82, 2.24) is 9.80 Å². The van der Waals surface area contributed by atoms with Gasteiger partial charge in [0.25, 0.3) is 0 Å². The zero-order chi connectivity index (χ0) is 13.0. The summed E-state index contributed by atoms with van der Waals surface area (Å²) in [4.78, 5) is 16.7. The van der Waals surface area contributed by atoms with Crippen molar-refractivity contribution in [3.8, 4) is 0 Å². The van der Waals surface area contributed by atoms with Gasteiger partial charge in [-0.3, -0.25) is 14.6 Å². The summed E-state index contributed by atoms with van der Waals surface area (Å²) in [5.41, 5.74) is 0. The lowest BCUT2D eigenvalue weighted by Crippen LogP contribution is -2.55. The van der Waals surface area contributed by atoms with Gasteiger partial charge in [-0.1, -0.05) is 13.3 Å². The Morgan fingerprint density at radius 3 is 2.94 bits per heavy atom. The number of rotatable bonds is 4. The van der Waals surface area contributed by atoms with E-state index in [1.165, 1.54) is 32.4 Å². The standard InChI is InChI=1S/C14H26N2O2/c1-3-18-14(17)12(2)10-15-8-9-16-7-5-4-6-13(16)11-15/h12-13H,3-11H2,1-2H3. The molecule has 0 saturated carbocycles. The second-order valence-electron chi connectivity index (χ2n) is 5.60. The highest BCUT2D eigenvalue weighted by Gasteiger charge is 2.30. The molecule has 0 aliphatic carbocycles. The molecule has 2 aliphatic heterocycles. The zero-order valence-corrected chi connectivity index (χ0v) is 11.7. The van der Waals surface area contributed by atoms with Crippen LogP contribution in [0.2, 0.25) is 0 Å². The van der Waals surface area contributed by atoms with Crippen molar-refractivity contribution in [2.75, 3.05) is 39.3 Å². The van der Waals surface area contributed by atoms with E-state index in [0.717, 1.165) is 25.7 Å². The highest BCUT2D eigenvalue weighted by atomic mass is 16.5. The number of fused-ring (bicyclic) bond motifs is 1. The first-order chi connectivity index (χ1) is 8.70. The smallest absolute Gasteiger partial charge is 0.309 e. The predicted octanol–water partition coefficient (Wildman–Crippen LogP) is 1.36. The minimum absolute atomic E-state index is 0.0000839. The van der Waals surface area contributed by atoms with Gasteiger partial charge in [0.15, 0.2) is 0 Å². The second kappa shape index (κ2) is 6.53. The molecule has 4 heteroatoms. The van der Waals surface area contributed by atoms with Crippen LogP contribution in [0.15, 0.2) is 0 Å². The van der Waals surface area contributed by atoms with E-state index in [2.05, 4.69) is 9.80 Å². The van der Waals surface area contributed by atoms with Gasteiger partial charge in [-0.2, -0.15) is 0 Å². The largest absolute Gasteiger partial charge is 0.466 e. The van der Waals surface area contributed by atoms with Gasteiger partial charge >= 0.3 is 5.97 Å². The molecule has 2 saturated heterocycles. The molecule has 0 aromatic carbocycles. The van der Waals surface area contributed by atoms with Crippen LogP contribution in [0, 0.1) is 5.92 Å². The van der Waals surface area contributed by atoms with Gasteiger partial charge in [0, 0.05) is 32.2 Å². The molecule has 2 atom stereocenters. The van der Waals surface area contributed by atoms with Crippen LogP contribution in [0.5, 0.6) is 0 Å². The van der Waals surface area contributed by atoms with E-state index in [1.54, 1.807) is 0 Å². The fourth-order valence-electron chi connectivity index (χ4n) is 3.13. The summed E-state index contributed by atoms with van der Waals surface area (Å²) >= 11 is 0. The van der Waals surface area contributed by atoms with Gasteiger partial charge in [-0.05, 0) is 26.3 Å². The van der Waals surface area contributed by atoms with E-state index in [-0.39, 0.29) is 11.9 Å². The molecule has 2 fully saturated rings. The maximum absolute atomic E-state index is 11.6. The van der Waals surface area contributed by atoms with Crippen LogP contribution in [0.3, 0.4) is 0 Å². The van der Waals surface area contributed by atoms with Gasteiger partial charge < -0.3 is 4.74 Å². The topological polar surface area (TPSA) is 32.8 Å². The van der Waals surface area contributed by atoms with Crippen molar-refractivity contribution in [2.45, 2.75) is 39.2 Å². The maximum atomic E-state index is 11.6. The monoisotopic (exact) mass is 254 g/mol. The Morgan fingerprint density at radius 2 is 2.17 bits per heavy atom. The summed E-state index contributed by atoms with van der Waals surface area (Å²) in [5.74, 6) is -0.0522. The Morgan fingerprint density at radius 1 is 1.33 bits per heavy atom. The van der Waals surface area contributed by atoms with E-state index in [9.17, 15) is 4.79 Å². The fraction of sp³-hybridized carbons (Fsp3) is 0.929. The molecule has 2 unspecified atom stereocenters. The summed E-state index contributed by atoms with van der Waals surface area (Å²) in [6, 6.07) is 0.724. The van der Waals surface area contributed by atoms with Crippen molar-refractivity contribution < 1.29 is 9.53 Å². The Kier molecular flexibility index (Phi) is 5.01. The maximum Gasteiger partial charge on any atom is 0.309 e. The number of esters is 1. The molecular weight excluding hydrogens is 228 g/mol. The van der Waals surface area contributed by atoms with Crippen molar-refractivity contribution in [1.29, 1.82) is 0 Å². The van der Waals surface area contributed by atoms with Gasteiger partial charge in [0.2, 0.25) is 0 Å². The molecule has 2 aliphatic rings. The number of piperazine rings is 1.